The Morgan fingerprint density at radius 2 is 1.94 bits per heavy atom. The van der Waals surface area contributed by atoms with Gasteiger partial charge in [0.1, 0.15) is 0 Å². The van der Waals surface area contributed by atoms with Crippen LogP contribution in [0.4, 0.5) is 0 Å². The maximum absolute atomic E-state index is 5.74. The summed E-state index contributed by atoms with van der Waals surface area (Å²) in [7, 11) is 0. The summed E-state index contributed by atoms with van der Waals surface area (Å²) in [6.07, 6.45) is 3.73. The van der Waals surface area contributed by atoms with E-state index in [-0.39, 0.29) is 0 Å². The minimum atomic E-state index is 0.452. The first-order chi connectivity index (χ1) is 7.74. The van der Waals surface area contributed by atoms with Gasteiger partial charge >= 0.3 is 0 Å². The Bertz CT molecular complexity index is 325. The van der Waals surface area contributed by atoms with Gasteiger partial charge in [-0.3, -0.25) is 0 Å². The molecule has 0 aliphatic heterocycles. The van der Waals surface area contributed by atoms with E-state index in [1.807, 2.05) is 0 Å². The molecule has 0 bridgehead atoms. The second kappa shape index (κ2) is 4.98. The number of nitrogens with one attached hydrogen (secondary N) is 1. The number of rotatable bonds is 6. The summed E-state index contributed by atoms with van der Waals surface area (Å²) in [4.78, 5) is 0. The van der Waals surface area contributed by atoms with Crippen LogP contribution in [0.3, 0.4) is 0 Å². The van der Waals surface area contributed by atoms with Gasteiger partial charge in [-0.15, -0.1) is 0 Å². The van der Waals surface area contributed by atoms with Gasteiger partial charge in [-0.1, -0.05) is 29.8 Å². The largest absolute Gasteiger partial charge is 0.330 e. The normalized spacial score (nSPS) is 17.4. The quantitative estimate of drug-likeness (QED) is 0.715. The number of nitrogens with two attached hydrogens (primary N) is 1. The molecule has 1 aromatic carbocycles. The summed E-state index contributed by atoms with van der Waals surface area (Å²) >= 11 is 0. The molecular weight excluding hydrogens is 196 g/mol. The Morgan fingerprint density at radius 3 is 2.50 bits per heavy atom. The number of aryl methyl sites for hydroxylation is 1. The molecule has 0 amide bonds. The van der Waals surface area contributed by atoms with Crippen molar-refractivity contribution in [1.82, 2.24) is 5.32 Å². The SMILES string of the molecule is Cc1ccc(CCNCC2(CN)CC2)cc1. The van der Waals surface area contributed by atoms with E-state index in [1.54, 1.807) is 0 Å². The lowest BCUT2D eigenvalue weighted by atomic mass is 10.1. The topological polar surface area (TPSA) is 38.0 Å². The molecule has 0 spiro atoms. The highest BCUT2D eigenvalue weighted by Crippen LogP contribution is 2.43. The average molecular weight is 218 g/mol. The van der Waals surface area contributed by atoms with Crippen molar-refractivity contribution in [1.29, 1.82) is 0 Å². The van der Waals surface area contributed by atoms with Gasteiger partial charge in [-0.2, -0.15) is 0 Å². The van der Waals surface area contributed by atoms with Gasteiger partial charge in [0, 0.05) is 6.54 Å². The van der Waals surface area contributed by atoms with Crippen LogP contribution in [0.15, 0.2) is 24.3 Å². The fourth-order valence-electron chi connectivity index (χ4n) is 1.97. The minimum absolute atomic E-state index is 0.452. The lowest BCUT2D eigenvalue weighted by molar-refractivity contribution is 0.470. The molecule has 0 heterocycles. The summed E-state index contributed by atoms with van der Waals surface area (Å²) in [5.74, 6) is 0. The third kappa shape index (κ3) is 3.06. The van der Waals surface area contributed by atoms with Crippen LogP contribution in [0.2, 0.25) is 0 Å². The highest BCUT2D eigenvalue weighted by Gasteiger charge is 2.40. The zero-order valence-electron chi connectivity index (χ0n) is 10.1. The van der Waals surface area contributed by atoms with Gasteiger partial charge in [-0.05, 0) is 50.3 Å². The molecule has 2 rings (SSSR count). The van der Waals surface area contributed by atoms with Crippen LogP contribution >= 0.6 is 0 Å². The first-order valence-corrected chi connectivity index (χ1v) is 6.20. The Kier molecular flexibility index (Phi) is 3.62. The van der Waals surface area contributed by atoms with Gasteiger partial charge < -0.3 is 11.1 Å². The average Bonchev–Trinajstić information content (AvgIpc) is 3.08. The molecule has 0 saturated heterocycles. The second-order valence-corrected chi connectivity index (χ2v) is 5.12. The predicted octanol–water partition coefficient (Wildman–Crippen LogP) is 1.87. The van der Waals surface area contributed by atoms with E-state index >= 15 is 0 Å². The highest BCUT2D eigenvalue weighted by atomic mass is 14.9. The van der Waals surface area contributed by atoms with Crippen LogP contribution in [0, 0.1) is 12.3 Å². The van der Waals surface area contributed by atoms with E-state index < -0.39 is 0 Å². The van der Waals surface area contributed by atoms with Crippen LogP contribution in [0.5, 0.6) is 0 Å². The molecule has 0 radical (unpaired) electrons. The molecule has 16 heavy (non-hydrogen) atoms. The van der Waals surface area contributed by atoms with Crippen LogP contribution in [-0.2, 0) is 6.42 Å². The molecule has 0 unspecified atom stereocenters. The van der Waals surface area contributed by atoms with Crippen molar-refractivity contribution < 1.29 is 0 Å². The molecule has 88 valence electrons. The predicted molar refractivity (Wildman–Crippen MR) is 68.5 cm³/mol. The molecule has 0 atom stereocenters. The summed E-state index contributed by atoms with van der Waals surface area (Å²) in [5.41, 5.74) is 8.93. The first kappa shape index (κ1) is 11.6. The second-order valence-electron chi connectivity index (χ2n) is 5.12. The van der Waals surface area contributed by atoms with Gasteiger partial charge in [0.15, 0.2) is 0 Å². The molecular formula is C14H22N2. The van der Waals surface area contributed by atoms with Gasteiger partial charge in [0.25, 0.3) is 0 Å². The number of hydrogen-bond donors (Lipinski definition) is 2. The Hall–Kier alpha value is -0.860. The number of benzene rings is 1. The summed E-state index contributed by atoms with van der Waals surface area (Å²) < 4.78 is 0. The Labute approximate surface area is 98.2 Å². The van der Waals surface area contributed by atoms with Crippen LogP contribution in [0.25, 0.3) is 0 Å². The van der Waals surface area contributed by atoms with E-state index in [0.29, 0.717) is 5.41 Å². The standard InChI is InChI=1S/C14H22N2/c1-12-2-4-13(5-3-12)6-9-16-11-14(10-15)7-8-14/h2-5,16H,6-11,15H2,1H3. The summed E-state index contributed by atoms with van der Waals surface area (Å²) in [5, 5.41) is 3.52. The van der Waals surface area contributed by atoms with E-state index in [0.717, 1.165) is 26.1 Å². The molecule has 2 heteroatoms. The van der Waals surface area contributed by atoms with E-state index in [1.165, 1.54) is 24.0 Å². The van der Waals surface area contributed by atoms with E-state index in [9.17, 15) is 0 Å². The summed E-state index contributed by atoms with van der Waals surface area (Å²) in [6, 6.07) is 8.79. The van der Waals surface area contributed by atoms with Crippen molar-refractivity contribution in [3.05, 3.63) is 35.4 Å². The summed E-state index contributed by atoms with van der Waals surface area (Å²) in [6.45, 7) is 5.12. The molecule has 3 N–H and O–H groups in total. The number of hydrogen-bond acceptors (Lipinski definition) is 2. The Balaban J connectivity index is 1.66. The van der Waals surface area contributed by atoms with E-state index in [4.69, 9.17) is 5.73 Å². The van der Waals surface area contributed by atoms with Crippen LogP contribution in [-0.4, -0.2) is 19.6 Å². The third-order valence-corrected chi connectivity index (χ3v) is 3.60. The highest BCUT2D eigenvalue weighted by molar-refractivity contribution is 5.21. The zero-order chi connectivity index (χ0) is 11.4. The van der Waals surface area contributed by atoms with E-state index in [2.05, 4.69) is 36.5 Å². The first-order valence-electron chi connectivity index (χ1n) is 6.20. The van der Waals surface area contributed by atoms with Crippen molar-refractivity contribution in [3.8, 4) is 0 Å². The lowest BCUT2D eigenvalue weighted by Gasteiger charge is -2.13. The van der Waals surface area contributed by atoms with Gasteiger partial charge in [0.05, 0.1) is 0 Å². The molecule has 1 fully saturated rings. The van der Waals surface area contributed by atoms with Crippen molar-refractivity contribution in [2.75, 3.05) is 19.6 Å². The van der Waals surface area contributed by atoms with Crippen molar-refractivity contribution in [3.63, 3.8) is 0 Å². The van der Waals surface area contributed by atoms with Crippen molar-refractivity contribution in [2.45, 2.75) is 26.2 Å². The zero-order valence-corrected chi connectivity index (χ0v) is 10.1. The molecule has 1 saturated carbocycles. The minimum Gasteiger partial charge on any atom is -0.330 e. The van der Waals surface area contributed by atoms with Gasteiger partial charge in [0.2, 0.25) is 0 Å². The fourth-order valence-corrected chi connectivity index (χ4v) is 1.97. The third-order valence-electron chi connectivity index (χ3n) is 3.60. The van der Waals surface area contributed by atoms with Crippen LogP contribution in [0.1, 0.15) is 24.0 Å². The van der Waals surface area contributed by atoms with Crippen molar-refractivity contribution in [2.24, 2.45) is 11.1 Å². The fraction of sp³-hybridized carbons (Fsp3) is 0.571. The van der Waals surface area contributed by atoms with Gasteiger partial charge in [-0.25, -0.2) is 0 Å². The molecule has 0 aromatic heterocycles. The smallest absolute Gasteiger partial charge is 0.00200 e. The molecule has 2 nitrogen and oxygen atoms in total. The molecule has 1 aliphatic carbocycles. The van der Waals surface area contributed by atoms with Crippen LogP contribution < -0.4 is 11.1 Å². The maximum Gasteiger partial charge on any atom is 0.00200 e. The molecule has 1 aromatic rings. The monoisotopic (exact) mass is 218 g/mol. The Morgan fingerprint density at radius 1 is 1.25 bits per heavy atom. The van der Waals surface area contributed by atoms with Crippen molar-refractivity contribution >= 4 is 0 Å². The maximum atomic E-state index is 5.74. The molecule has 1 aliphatic rings. The lowest BCUT2D eigenvalue weighted by Crippen LogP contribution is -2.30.